The van der Waals surface area contributed by atoms with Crippen LogP contribution in [0.25, 0.3) is 0 Å². The predicted molar refractivity (Wildman–Crippen MR) is 85.9 cm³/mol. The molecule has 0 aromatic heterocycles. The van der Waals surface area contributed by atoms with Gasteiger partial charge in [-0.15, -0.1) is 0 Å². The Balaban J connectivity index is 1.80. The van der Waals surface area contributed by atoms with Gasteiger partial charge < -0.3 is 15.2 Å². The molecule has 2 aromatic rings. The molecule has 0 radical (unpaired) electrons. The van der Waals surface area contributed by atoms with Gasteiger partial charge in [0.2, 0.25) is 0 Å². The van der Waals surface area contributed by atoms with Crippen LogP contribution in [0.4, 0.5) is 0 Å². The third-order valence-corrected chi connectivity index (χ3v) is 3.46. The van der Waals surface area contributed by atoms with E-state index < -0.39 is 0 Å². The summed E-state index contributed by atoms with van der Waals surface area (Å²) >= 11 is 0. The average molecular weight is 285 g/mol. The van der Waals surface area contributed by atoms with Crippen molar-refractivity contribution < 1.29 is 9.84 Å². The first-order valence-corrected chi connectivity index (χ1v) is 7.28. The van der Waals surface area contributed by atoms with Crippen LogP contribution < -0.4 is 10.1 Å². The zero-order chi connectivity index (χ0) is 15.2. The molecular weight excluding hydrogens is 262 g/mol. The number of rotatable bonds is 6. The monoisotopic (exact) mass is 285 g/mol. The molecule has 1 atom stereocenters. The highest BCUT2D eigenvalue weighted by Gasteiger charge is 2.09. The summed E-state index contributed by atoms with van der Waals surface area (Å²) in [7, 11) is 0. The van der Waals surface area contributed by atoms with Crippen molar-refractivity contribution >= 4 is 0 Å². The third-order valence-electron chi connectivity index (χ3n) is 3.46. The van der Waals surface area contributed by atoms with E-state index in [0.717, 1.165) is 23.4 Å². The van der Waals surface area contributed by atoms with Gasteiger partial charge in [0.15, 0.2) is 0 Å². The van der Waals surface area contributed by atoms with E-state index in [2.05, 4.69) is 5.32 Å². The Morgan fingerprint density at radius 1 is 1.10 bits per heavy atom. The molecule has 3 heteroatoms. The summed E-state index contributed by atoms with van der Waals surface area (Å²) in [6, 6.07) is 13.9. The number of phenolic OH excluding ortho intramolecular Hbond substituents is 1. The summed E-state index contributed by atoms with van der Waals surface area (Å²) in [5, 5.41) is 13.3. The SMILES string of the molecule is Cc1cccc(OCCNC(C)c2ccc(C)cc2O)c1. The van der Waals surface area contributed by atoms with Gasteiger partial charge in [-0.25, -0.2) is 0 Å². The molecule has 0 heterocycles. The molecule has 0 saturated heterocycles. The Hall–Kier alpha value is -2.00. The van der Waals surface area contributed by atoms with Crippen LogP contribution in [0.3, 0.4) is 0 Å². The van der Waals surface area contributed by atoms with Crippen LogP contribution in [0.15, 0.2) is 42.5 Å². The number of phenols is 1. The van der Waals surface area contributed by atoms with Gasteiger partial charge in [-0.3, -0.25) is 0 Å². The Labute approximate surface area is 126 Å². The molecule has 0 aliphatic carbocycles. The van der Waals surface area contributed by atoms with Gasteiger partial charge in [-0.05, 0) is 50.1 Å². The van der Waals surface area contributed by atoms with Crippen molar-refractivity contribution in [3.63, 3.8) is 0 Å². The molecule has 21 heavy (non-hydrogen) atoms. The van der Waals surface area contributed by atoms with Gasteiger partial charge in [-0.1, -0.05) is 24.3 Å². The number of nitrogens with one attached hydrogen (secondary N) is 1. The smallest absolute Gasteiger partial charge is 0.120 e. The summed E-state index contributed by atoms with van der Waals surface area (Å²) in [6.07, 6.45) is 0. The molecule has 1 unspecified atom stereocenters. The van der Waals surface area contributed by atoms with Crippen molar-refractivity contribution in [1.82, 2.24) is 5.32 Å². The van der Waals surface area contributed by atoms with E-state index in [9.17, 15) is 5.11 Å². The Morgan fingerprint density at radius 2 is 1.86 bits per heavy atom. The predicted octanol–water partition coefficient (Wildman–Crippen LogP) is 3.74. The first-order chi connectivity index (χ1) is 10.1. The topological polar surface area (TPSA) is 41.5 Å². The maximum atomic E-state index is 9.96. The standard InChI is InChI=1S/C18H23NO2/c1-13-5-4-6-16(11-13)21-10-9-19-15(3)17-8-7-14(2)12-18(17)20/h4-8,11-12,15,19-20H,9-10H2,1-3H3. The number of aromatic hydroxyl groups is 1. The second-order valence-corrected chi connectivity index (χ2v) is 5.40. The molecule has 0 spiro atoms. The summed E-state index contributed by atoms with van der Waals surface area (Å²) in [4.78, 5) is 0. The minimum atomic E-state index is 0.0895. The highest BCUT2D eigenvalue weighted by molar-refractivity contribution is 5.37. The minimum Gasteiger partial charge on any atom is -0.508 e. The Bertz CT molecular complexity index is 596. The van der Waals surface area contributed by atoms with Crippen LogP contribution in [-0.2, 0) is 0 Å². The second-order valence-electron chi connectivity index (χ2n) is 5.40. The van der Waals surface area contributed by atoms with Crippen molar-refractivity contribution in [2.24, 2.45) is 0 Å². The van der Waals surface area contributed by atoms with Gasteiger partial charge in [0.05, 0.1) is 0 Å². The van der Waals surface area contributed by atoms with Crippen LogP contribution >= 0.6 is 0 Å². The van der Waals surface area contributed by atoms with Crippen molar-refractivity contribution in [3.8, 4) is 11.5 Å². The van der Waals surface area contributed by atoms with Crippen LogP contribution in [0, 0.1) is 13.8 Å². The quantitative estimate of drug-likeness (QED) is 0.794. The molecule has 0 fully saturated rings. The van der Waals surface area contributed by atoms with Gasteiger partial charge in [-0.2, -0.15) is 0 Å². The average Bonchev–Trinajstić information content (AvgIpc) is 2.43. The van der Waals surface area contributed by atoms with Gasteiger partial charge in [0, 0.05) is 18.2 Å². The second kappa shape index (κ2) is 7.14. The molecule has 2 N–H and O–H groups in total. The Kier molecular flexibility index (Phi) is 5.23. The molecule has 2 aromatic carbocycles. The fraction of sp³-hybridized carbons (Fsp3) is 0.333. The van der Waals surface area contributed by atoms with Crippen molar-refractivity contribution in [3.05, 3.63) is 59.2 Å². The molecule has 0 aliphatic rings. The van der Waals surface area contributed by atoms with E-state index in [-0.39, 0.29) is 6.04 Å². The number of ether oxygens (including phenoxy) is 1. The number of hydrogen-bond acceptors (Lipinski definition) is 3. The van der Waals surface area contributed by atoms with E-state index in [1.54, 1.807) is 6.07 Å². The summed E-state index contributed by atoms with van der Waals surface area (Å²) in [5.74, 6) is 1.23. The van der Waals surface area contributed by atoms with Gasteiger partial charge in [0.1, 0.15) is 18.1 Å². The summed E-state index contributed by atoms with van der Waals surface area (Å²) < 4.78 is 5.70. The number of benzene rings is 2. The van der Waals surface area contributed by atoms with Crippen LogP contribution in [-0.4, -0.2) is 18.3 Å². The number of hydrogen-bond donors (Lipinski definition) is 2. The lowest BCUT2D eigenvalue weighted by atomic mass is 10.1. The van der Waals surface area contributed by atoms with E-state index in [1.165, 1.54) is 5.56 Å². The number of aryl methyl sites for hydroxylation is 2. The van der Waals surface area contributed by atoms with Crippen LogP contribution in [0.2, 0.25) is 0 Å². The fourth-order valence-corrected chi connectivity index (χ4v) is 2.28. The van der Waals surface area contributed by atoms with Crippen LogP contribution in [0.1, 0.15) is 29.7 Å². The van der Waals surface area contributed by atoms with E-state index in [0.29, 0.717) is 12.4 Å². The van der Waals surface area contributed by atoms with E-state index in [1.807, 2.05) is 57.2 Å². The molecular formula is C18H23NO2. The molecule has 0 saturated carbocycles. The first kappa shape index (κ1) is 15.4. The van der Waals surface area contributed by atoms with Crippen molar-refractivity contribution in [1.29, 1.82) is 0 Å². The van der Waals surface area contributed by atoms with Crippen LogP contribution in [0.5, 0.6) is 11.5 Å². The lowest BCUT2D eigenvalue weighted by Crippen LogP contribution is -2.24. The first-order valence-electron chi connectivity index (χ1n) is 7.28. The third kappa shape index (κ3) is 4.50. The van der Waals surface area contributed by atoms with Gasteiger partial charge in [0.25, 0.3) is 0 Å². The van der Waals surface area contributed by atoms with E-state index in [4.69, 9.17) is 4.74 Å². The molecule has 3 nitrogen and oxygen atoms in total. The Morgan fingerprint density at radius 3 is 2.57 bits per heavy atom. The fourth-order valence-electron chi connectivity index (χ4n) is 2.28. The zero-order valence-corrected chi connectivity index (χ0v) is 12.9. The molecule has 0 aliphatic heterocycles. The normalized spacial score (nSPS) is 12.1. The largest absolute Gasteiger partial charge is 0.508 e. The molecule has 2 rings (SSSR count). The maximum Gasteiger partial charge on any atom is 0.120 e. The molecule has 0 amide bonds. The maximum absolute atomic E-state index is 9.96. The highest BCUT2D eigenvalue weighted by Crippen LogP contribution is 2.24. The minimum absolute atomic E-state index is 0.0895. The lowest BCUT2D eigenvalue weighted by Gasteiger charge is -2.16. The van der Waals surface area contributed by atoms with Crippen molar-refractivity contribution in [2.75, 3.05) is 13.2 Å². The summed E-state index contributed by atoms with van der Waals surface area (Å²) in [5.41, 5.74) is 3.17. The molecule has 0 bridgehead atoms. The lowest BCUT2D eigenvalue weighted by molar-refractivity contribution is 0.306. The van der Waals surface area contributed by atoms with Gasteiger partial charge >= 0.3 is 0 Å². The molecule has 112 valence electrons. The summed E-state index contributed by atoms with van der Waals surface area (Å²) in [6.45, 7) is 7.38. The highest BCUT2D eigenvalue weighted by atomic mass is 16.5. The zero-order valence-electron chi connectivity index (χ0n) is 12.9. The van der Waals surface area contributed by atoms with E-state index >= 15 is 0 Å². The van der Waals surface area contributed by atoms with Crippen molar-refractivity contribution in [2.45, 2.75) is 26.8 Å².